The first-order valence-corrected chi connectivity index (χ1v) is 10.6. The van der Waals surface area contributed by atoms with Gasteiger partial charge in [-0.05, 0) is 55.5 Å². The second kappa shape index (κ2) is 9.49. The van der Waals surface area contributed by atoms with Crippen molar-refractivity contribution in [2.24, 2.45) is 0 Å². The molecule has 174 valence electrons. The number of aryl methyl sites for hydroxylation is 1. The molecule has 0 aliphatic heterocycles. The molecule has 7 nitrogen and oxygen atoms in total. The molecule has 0 spiro atoms. The summed E-state index contributed by atoms with van der Waals surface area (Å²) in [7, 11) is 4.33. The van der Waals surface area contributed by atoms with Crippen LogP contribution in [0.15, 0.2) is 63.8 Å². The van der Waals surface area contributed by atoms with Crippen molar-refractivity contribution >= 4 is 28.5 Å². The molecular formula is C26H21ClO7. The van der Waals surface area contributed by atoms with Gasteiger partial charge >= 0.3 is 5.97 Å². The zero-order chi connectivity index (χ0) is 24.4. The summed E-state index contributed by atoms with van der Waals surface area (Å²) in [6.07, 6.45) is 0. The lowest BCUT2D eigenvalue weighted by atomic mass is 10.1. The third-order valence-corrected chi connectivity index (χ3v) is 5.46. The Morgan fingerprint density at radius 3 is 2.09 bits per heavy atom. The quantitative estimate of drug-likeness (QED) is 0.329. The number of carbonyl (C=O) groups excluding carboxylic acids is 1. The highest BCUT2D eigenvalue weighted by Crippen LogP contribution is 2.39. The molecule has 0 atom stereocenters. The number of hydrogen-bond acceptors (Lipinski definition) is 7. The molecule has 0 aliphatic carbocycles. The van der Waals surface area contributed by atoms with Crippen LogP contribution in [-0.2, 0) is 0 Å². The molecule has 34 heavy (non-hydrogen) atoms. The van der Waals surface area contributed by atoms with Gasteiger partial charge in [0.15, 0.2) is 17.3 Å². The van der Waals surface area contributed by atoms with Crippen molar-refractivity contribution in [3.8, 4) is 34.3 Å². The minimum atomic E-state index is -0.797. The number of carbonyl (C=O) groups is 1. The Morgan fingerprint density at radius 2 is 1.50 bits per heavy atom. The van der Waals surface area contributed by atoms with E-state index in [1.54, 1.807) is 36.4 Å². The van der Waals surface area contributed by atoms with Gasteiger partial charge in [-0.15, -0.1) is 0 Å². The molecular weight excluding hydrogens is 460 g/mol. The number of benzene rings is 3. The molecule has 1 aromatic heterocycles. The van der Waals surface area contributed by atoms with Crippen LogP contribution in [0.3, 0.4) is 0 Å². The second-order valence-corrected chi connectivity index (χ2v) is 7.84. The number of hydrogen-bond donors (Lipinski definition) is 0. The average Bonchev–Trinajstić information content (AvgIpc) is 2.85. The minimum Gasteiger partial charge on any atom is -0.493 e. The summed E-state index contributed by atoms with van der Waals surface area (Å²) in [4.78, 5) is 26.6. The summed E-state index contributed by atoms with van der Waals surface area (Å²) < 4.78 is 27.6. The van der Waals surface area contributed by atoms with E-state index in [9.17, 15) is 9.59 Å². The third-order valence-electron chi connectivity index (χ3n) is 5.21. The lowest BCUT2D eigenvalue weighted by Crippen LogP contribution is -2.16. The van der Waals surface area contributed by atoms with Crippen molar-refractivity contribution in [3.05, 3.63) is 81.0 Å². The predicted molar refractivity (Wildman–Crippen MR) is 129 cm³/mol. The number of ether oxygens (including phenoxy) is 4. The molecule has 1 heterocycles. The van der Waals surface area contributed by atoms with Crippen LogP contribution in [0.1, 0.15) is 15.9 Å². The van der Waals surface area contributed by atoms with Crippen molar-refractivity contribution in [2.75, 3.05) is 21.3 Å². The first-order chi connectivity index (χ1) is 16.4. The van der Waals surface area contributed by atoms with E-state index in [1.165, 1.54) is 33.5 Å². The minimum absolute atomic E-state index is 0.0975. The van der Waals surface area contributed by atoms with Crippen LogP contribution in [0.4, 0.5) is 0 Å². The first-order valence-electron chi connectivity index (χ1n) is 10.2. The third kappa shape index (κ3) is 4.30. The van der Waals surface area contributed by atoms with Crippen molar-refractivity contribution in [2.45, 2.75) is 6.92 Å². The van der Waals surface area contributed by atoms with E-state index in [4.69, 9.17) is 35.0 Å². The molecule has 3 aromatic carbocycles. The van der Waals surface area contributed by atoms with Crippen molar-refractivity contribution < 1.29 is 28.2 Å². The molecule has 0 aliphatic rings. The normalized spacial score (nSPS) is 10.7. The molecule has 0 amide bonds. The van der Waals surface area contributed by atoms with E-state index in [2.05, 4.69) is 0 Å². The lowest BCUT2D eigenvalue weighted by molar-refractivity contribution is 0.0730. The lowest BCUT2D eigenvalue weighted by Gasteiger charge is -2.14. The summed E-state index contributed by atoms with van der Waals surface area (Å²) in [5.74, 6) is -0.0587. The fourth-order valence-electron chi connectivity index (χ4n) is 3.53. The smallest absolute Gasteiger partial charge is 0.344 e. The van der Waals surface area contributed by atoms with Crippen molar-refractivity contribution in [3.63, 3.8) is 0 Å². The van der Waals surface area contributed by atoms with Crippen molar-refractivity contribution in [1.29, 1.82) is 0 Å². The van der Waals surface area contributed by atoms with Gasteiger partial charge in [0, 0.05) is 10.6 Å². The summed E-state index contributed by atoms with van der Waals surface area (Å²) >= 11 is 6.02. The number of fused-ring (bicyclic) bond motifs is 1. The summed E-state index contributed by atoms with van der Waals surface area (Å²) in [6, 6.07) is 14.8. The predicted octanol–water partition coefficient (Wildman–Crippen LogP) is 5.67. The van der Waals surface area contributed by atoms with Crippen LogP contribution in [-0.4, -0.2) is 27.3 Å². The summed E-state index contributed by atoms with van der Waals surface area (Å²) in [5, 5.41) is 0.809. The molecule has 0 saturated carbocycles. The van der Waals surface area contributed by atoms with Gasteiger partial charge in [-0.3, -0.25) is 4.79 Å². The second-order valence-electron chi connectivity index (χ2n) is 7.40. The first kappa shape index (κ1) is 23.2. The van der Waals surface area contributed by atoms with Gasteiger partial charge in [0.1, 0.15) is 5.58 Å². The van der Waals surface area contributed by atoms with E-state index in [0.717, 1.165) is 5.56 Å². The number of rotatable bonds is 6. The maximum Gasteiger partial charge on any atom is 0.344 e. The van der Waals surface area contributed by atoms with Crippen LogP contribution < -0.4 is 24.4 Å². The summed E-state index contributed by atoms with van der Waals surface area (Å²) in [6.45, 7) is 1.85. The van der Waals surface area contributed by atoms with Crippen LogP contribution in [0.25, 0.3) is 22.3 Å². The van der Waals surface area contributed by atoms with Crippen LogP contribution in [0, 0.1) is 6.92 Å². The molecule has 0 bridgehead atoms. The van der Waals surface area contributed by atoms with Gasteiger partial charge < -0.3 is 23.4 Å². The molecule has 4 rings (SSSR count). The Bertz CT molecular complexity index is 1410. The zero-order valence-corrected chi connectivity index (χ0v) is 19.7. The molecule has 0 unspecified atom stereocenters. The van der Waals surface area contributed by atoms with Crippen LogP contribution >= 0.6 is 11.6 Å². The van der Waals surface area contributed by atoms with E-state index in [0.29, 0.717) is 27.3 Å². The summed E-state index contributed by atoms with van der Waals surface area (Å²) in [5.41, 5.74) is 1.38. The van der Waals surface area contributed by atoms with E-state index in [-0.39, 0.29) is 28.6 Å². The Hall–Kier alpha value is -3.97. The standard InChI is InChI=1S/C26H21ClO7/c1-14-5-10-19-18(11-14)22(28)25(23(33-19)15-6-8-17(27)9-7-15)34-26(29)16-12-20(30-2)24(32-4)21(13-16)31-3/h5-13H,1-4H3. The molecule has 0 radical (unpaired) electrons. The number of methoxy groups -OCH3 is 3. The monoisotopic (exact) mass is 480 g/mol. The van der Waals surface area contributed by atoms with Gasteiger partial charge in [0.05, 0.1) is 32.3 Å². The zero-order valence-electron chi connectivity index (χ0n) is 18.9. The number of esters is 1. The van der Waals surface area contributed by atoms with Crippen molar-refractivity contribution in [1.82, 2.24) is 0 Å². The van der Waals surface area contributed by atoms with Gasteiger partial charge in [-0.25, -0.2) is 4.79 Å². The van der Waals surface area contributed by atoms with Gasteiger partial charge in [-0.2, -0.15) is 0 Å². The Balaban J connectivity index is 1.87. The maximum atomic E-state index is 13.4. The van der Waals surface area contributed by atoms with Crippen LogP contribution in [0.5, 0.6) is 23.0 Å². The largest absolute Gasteiger partial charge is 0.493 e. The highest BCUT2D eigenvalue weighted by Gasteiger charge is 2.24. The Morgan fingerprint density at radius 1 is 0.853 bits per heavy atom. The van der Waals surface area contributed by atoms with Gasteiger partial charge in [0.2, 0.25) is 16.9 Å². The fraction of sp³-hybridized carbons (Fsp3) is 0.154. The molecule has 0 N–H and O–H groups in total. The van der Waals surface area contributed by atoms with Gasteiger partial charge in [0.25, 0.3) is 0 Å². The fourth-order valence-corrected chi connectivity index (χ4v) is 3.65. The highest BCUT2D eigenvalue weighted by molar-refractivity contribution is 6.30. The van der Waals surface area contributed by atoms with Crippen LogP contribution in [0.2, 0.25) is 5.02 Å². The SMILES string of the molecule is COc1cc(C(=O)Oc2c(-c3ccc(Cl)cc3)oc3ccc(C)cc3c2=O)cc(OC)c1OC. The average molecular weight is 481 g/mol. The van der Waals surface area contributed by atoms with E-state index in [1.807, 2.05) is 13.0 Å². The molecule has 4 aromatic rings. The topological polar surface area (TPSA) is 84.2 Å². The van der Waals surface area contributed by atoms with Gasteiger partial charge in [-0.1, -0.05) is 23.2 Å². The molecule has 0 fully saturated rings. The van der Waals surface area contributed by atoms with E-state index >= 15 is 0 Å². The maximum absolute atomic E-state index is 13.4. The Labute approximate surface area is 200 Å². The Kier molecular flexibility index (Phi) is 6.47. The molecule has 8 heteroatoms. The molecule has 0 saturated heterocycles. The van der Waals surface area contributed by atoms with E-state index < -0.39 is 11.4 Å². The number of halogens is 1. The highest BCUT2D eigenvalue weighted by atomic mass is 35.5.